The van der Waals surface area contributed by atoms with E-state index >= 15 is 0 Å². The minimum atomic E-state index is -5.08. The van der Waals surface area contributed by atoms with E-state index in [0.717, 1.165) is 0 Å². The van der Waals surface area contributed by atoms with E-state index in [1.54, 1.807) is 36.4 Å². The van der Waals surface area contributed by atoms with Gasteiger partial charge < -0.3 is 19.9 Å². The minimum Gasteiger partial charge on any atom is -0.480 e. The SMILES string of the molecule is N#Cc1c(-c2ccccc2F)cc(-c2ccco2)nc1NCC(=O)O.O=C(O)C(F)(F)F. The van der Waals surface area contributed by atoms with Gasteiger partial charge in [0.2, 0.25) is 0 Å². The second kappa shape index (κ2) is 10.1. The van der Waals surface area contributed by atoms with Crippen LogP contribution in [-0.2, 0) is 9.59 Å². The van der Waals surface area contributed by atoms with Gasteiger partial charge in [0.25, 0.3) is 0 Å². The van der Waals surface area contributed by atoms with Crippen LogP contribution in [0.15, 0.2) is 53.1 Å². The summed E-state index contributed by atoms with van der Waals surface area (Å²) in [6, 6.07) is 12.9. The third-order valence-corrected chi connectivity index (χ3v) is 3.72. The summed E-state index contributed by atoms with van der Waals surface area (Å²) in [5, 5.41) is 28.1. The Balaban J connectivity index is 0.000000451. The van der Waals surface area contributed by atoms with E-state index in [-0.39, 0.29) is 16.9 Å². The third-order valence-electron chi connectivity index (χ3n) is 3.72. The average molecular weight is 451 g/mol. The molecule has 0 unspecified atom stereocenters. The highest BCUT2D eigenvalue weighted by Gasteiger charge is 2.38. The van der Waals surface area contributed by atoms with E-state index in [4.69, 9.17) is 19.4 Å². The van der Waals surface area contributed by atoms with Crippen LogP contribution in [0.4, 0.5) is 23.4 Å². The Morgan fingerprint density at radius 2 is 1.78 bits per heavy atom. The van der Waals surface area contributed by atoms with Crippen LogP contribution in [0.3, 0.4) is 0 Å². The van der Waals surface area contributed by atoms with Crippen LogP contribution >= 0.6 is 0 Å². The van der Waals surface area contributed by atoms with E-state index in [1.807, 2.05) is 6.07 Å². The Labute approximate surface area is 177 Å². The molecule has 0 spiro atoms. The molecule has 0 saturated heterocycles. The number of nitrogens with zero attached hydrogens (tertiary/aromatic N) is 2. The number of benzene rings is 1. The lowest BCUT2D eigenvalue weighted by Gasteiger charge is -2.12. The normalized spacial score (nSPS) is 10.5. The number of halogens is 4. The number of nitrogens with one attached hydrogen (secondary N) is 1. The van der Waals surface area contributed by atoms with E-state index < -0.39 is 30.5 Å². The van der Waals surface area contributed by atoms with Gasteiger partial charge in [0, 0.05) is 11.1 Å². The summed E-state index contributed by atoms with van der Waals surface area (Å²) >= 11 is 0. The molecule has 0 aliphatic heterocycles. The van der Waals surface area contributed by atoms with Gasteiger partial charge in [-0.25, -0.2) is 14.2 Å². The number of pyridine rings is 1. The standard InChI is InChI=1S/C18H12FN3O3.C2HF3O2/c19-14-5-2-1-4-11(14)12-8-15(16-6-3-7-25-16)22-18(13(12)9-20)21-10-17(23)24;3-2(4,5)1(6)7/h1-8H,10H2,(H,21,22)(H,23,24);(H,6,7). The van der Waals surface area contributed by atoms with E-state index in [2.05, 4.69) is 10.3 Å². The maximum Gasteiger partial charge on any atom is 0.490 e. The maximum absolute atomic E-state index is 14.2. The largest absolute Gasteiger partial charge is 0.490 e. The zero-order valence-electron chi connectivity index (χ0n) is 15.9. The fourth-order valence-corrected chi connectivity index (χ4v) is 2.39. The molecule has 0 saturated carbocycles. The molecule has 2 aromatic heterocycles. The number of carboxylic acids is 2. The van der Waals surface area contributed by atoms with Gasteiger partial charge in [-0.15, -0.1) is 0 Å². The smallest absolute Gasteiger partial charge is 0.480 e. The average Bonchev–Trinajstić information content (AvgIpc) is 3.26. The number of aromatic nitrogens is 1. The van der Waals surface area contributed by atoms with Gasteiger partial charge in [-0.2, -0.15) is 18.4 Å². The van der Waals surface area contributed by atoms with Gasteiger partial charge in [0.1, 0.15) is 35.5 Å². The lowest BCUT2D eigenvalue weighted by molar-refractivity contribution is -0.192. The highest BCUT2D eigenvalue weighted by Crippen LogP contribution is 2.33. The van der Waals surface area contributed by atoms with Crippen molar-refractivity contribution in [2.75, 3.05) is 11.9 Å². The molecular weight excluding hydrogens is 438 g/mol. The molecule has 32 heavy (non-hydrogen) atoms. The molecule has 0 atom stereocenters. The first kappa shape index (κ1) is 23.9. The van der Waals surface area contributed by atoms with Gasteiger partial charge >= 0.3 is 18.1 Å². The number of carbonyl (C=O) groups is 2. The molecule has 0 amide bonds. The number of aliphatic carboxylic acids is 2. The number of hydrogen-bond acceptors (Lipinski definition) is 6. The minimum absolute atomic E-state index is 0.0528. The first-order valence-electron chi connectivity index (χ1n) is 8.54. The molecule has 8 nitrogen and oxygen atoms in total. The molecule has 3 aromatic rings. The molecule has 0 fully saturated rings. The van der Waals surface area contributed by atoms with Gasteiger partial charge in [0.15, 0.2) is 5.76 Å². The summed E-state index contributed by atoms with van der Waals surface area (Å²) in [4.78, 5) is 24.0. The molecule has 0 aliphatic carbocycles. The Kier molecular flexibility index (Phi) is 7.52. The summed E-state index contributed by atoms with van der Waals surface area (Å²) in [5.74, 6) is -3.90. The highest BCUT2D eigenvalue weighted by molar-refractivity contribution is 5.82. The topological polar surface area (TPSA) is 136 Å². The van der Waals surface area contributed by atoms with Crippen LogP contribution in [0.1, 0.15) is 5.56 Å². The summed E-state index contributed by atoms with van der Waals surface area (Å²) in [7, 11) is 0. The van der Waals surface area contributed by atoms with E-state index in [9.17, 15) is 27.6 Å². The fourth-order valence-electron chi connectivity index (χ4n) is 2.39. The van der Waals surface area contributed by atoms with Gasteiger partial charge in [-0.3, -0.25) is 4.79 Å². The molecule has 12 heteroatoms. The second-order valence-corrected chi connectivity index (χ2v) is 5.90. The summed E-state index contributed by atoms with van der Waals surface area (Å²) in [5.41, 5.74) is 0.930. The van der Waals surface area contributed by atoms with E-state index in [1.165, 1.54) is 12.3 Å². The number of furan rings is 1. The van der Waals surface area contributed by atoms with Crippen molar-refractivity contribution in [3.63, 3.8) is 0 Å². The predicted octanol–water partition coefficient (Wildman–Crippen LogP) is 4.15. The highest BCUT2D eigenvalue weighted by atomic mass is 19.4. The molecular formula is C20H13F4N3O5. The van der Waals surface area contributed by atoms with Crippen molar-refractivity contribution < 1.29 is 41.8 Å². The van der Waals surface area contributed by atoms with Crippen molar-refractivity contribution in [1.29, 1.82) is 5.26 Å². The molecule has 166 valence electrons. The zero-order chi connectivity index (χ0) is 23.9. The van der Waals surface area contributed by atoms with Crippen molar-refractivity contribution in [2.24, 2.45) is 0 Å². The van der Waals surface area contributed by atoms with Crippen LogP contribution in [-0.4, -0.2) is 39.9 Å². The van der Waals surface area contributed by atoms with E-state index in [0.29, 0.717) is 17.0 Å². The van der Waals surface area contributed by atoms with Crippen LogP contribution in [0.2, 0.25) is 0 Å². The number of anilines is 1. The Morgan fingerprint density at radius 1 is 1.12 bits per heavy atom. The molecule has 0 bridgehead atoms. The molecule has 1 aromatic carbocycles. The third kappa shape index (κ3) is 6.05. The zero-order valence-corrected chi connectivity index (χ0v) is 15.9. The quantitative estimate of drug-likeness (QED) is 0.492. The Hall–Kier alpha value is -4.40. The molecule has 2 heterocycles. The molecule has 3 rings (SSSR count). The van der Waals surface area contributed by atoms with Gasteiger partial charge in [-0.05, 0) is 24.3 Å². The number of hydrogen-bond donors (Lipinski definition) is 3. The molecule has 0 radical (unpaired) electrons. The van der Waals surface area contributed by atoms with Crippen LogP contribution < -0.4 is 5.32 Å². The van der Waals surface area contributed by atoms with Crippen molar-refractivity contribution in [1.82, 2.24) is 4.98 Å². The summed E-state index contributed by atoms with van der Waals surface area (Å²) in [6.07, 6.45) is -3.62. The number of carboxylic acid groups (broad SMARTS) is 2. The van der Waals surface area contributed by atoms with Crippen molar-refractivity contribution >= 4 is 17.8 Å². The monoisotopic (exact) mass is 451 g/mol. The predicted molar refractivity (Wildman–Crippen MR) is 102 cm³/mol. The molecule has 3 N–H and O–H groups in total. The van der Waals surface area contributed by atoms with Crippen LogP contribution in [0.5, 0.6) is 0 Å². The van der Waals surface area contributed by atoms with Gasteiger partial charge in [0.05, 0.1) is 6.26 Å². The lowest BCUT2D eigenvalue weighted by Crippen LogP contribution is -2.21. The van der Waals surface area contributed by atoms with Crippen molar-refractivity contribution in [3.05, 3.63) is 60.1 Å². The second-order valence-electron chi connectivity index (χ2n) is 5.90. The fraction of sp³-hybridized carbons (Fsp3) is 0.100. The lowest BCUT2D eigenvalue weighted by atomic mass is 9.99. The summed E-state index contributed by atoms with van der Waals surface area (Å²) < 4.78 is 51.3. The van der Waals surface area contributed by atoms with Crippen LogP contribution in [0, 0.1) is 17.1 Å². The number of rotatable bonds is 5. The van der Waals surface area contributed by atoms with Crippen LogP contribution in [0.25, 0.3) is 22.6 Å². The first-order valence-corrected chi connectivity index (χ1v) is 8.54. The maximum atomic E-state index is 14.2. The Bertz CT molecular complexity index is 1160. The van der Waals surface area contributed by atoms with Crippen molar-refractivity contribution in [2.45, 2.75) is 6.18 Å². The first-order chi connectivity index (χ1) is 15.0. The molecule has 0 aliphatic rings. The Morgan fingerprint density at radius 3 is 2.28 bits per heavy atom. The van der Waals surface area contributed by atoms with Gasteiger partial charge in [-0.1, -0.05) is 18.2 Å². The summed E-state index contributed by atoms with van der Waals surface area (Å²) in [6.45, 7) is -0.431. The number of alkyl halides is 3. The van der Waals surface area contributed by atoms with Crippen molar-refractivity contribution in [3.8, 4) is 28.7 Å². The number of nitriles is 1.